The molecule has 2 N–H and O–H groups in total. The smallest absolute Gasteiger partial charge is 0.256 e. The van der Waals surface area contributed by atoms with Crippen LogP contribution in [0, 0.1) is 5.92 Å². The molecule has 1 saturated heterocycles. The lowest BCUT2D eigenvalue weighted by Crippen LogP contribution is -2.38. The summed E-state index contributed by atoms with van der Waals surface area (Å²) in [4.78, 5) is 13.8. The summed E-state index contributed by atoms with van der Waals surface area (Å²) in [6.07, 6.45) is 7.00. The highest BCUT2D eigenvalue weighted by atomic mass is 35.5. The lowest BCUT2D eigenvalue weighted by atomic mass is 10.1. The number of nitrogens with zero attached hydrogens (tertiary/aromatic N) is 2. The molecule has 0 bridgehead atoms. The van der Waals surface area contributed by atoms with Crippen molar-refractivity contribution >= 4 is 34.2 Å². The molecule has 23 heavy (non-hydrogen) atoms. The highest BCUT2D eigenvalue weighted by Crippen LogP contribution is 2.16. The van der Waals surface area contributed by atoms with E-state index in [2.05, 4.69) is 15.0 Å². The SMILES string of the molecule is Cl.O=C(NCCC1CCNC1)C1=CN2CCS(=O)(=O)N=C2C=C1. The molecule has 0 saturated carbocycles. The zero-order valence-electron chi connectivity index (χ0n) is 12.7. The second kappa shape index (κ2) is 7.46. The maximum Gasteiger partial charge on any atom is 0.256 e. The van der Waals surface area contributed by atoms with Crippen LogP contribution >= 0.6 is 12.4 Å². The van der Waals surface area contributed by atoms with Gasteiger partial charge in [0.1, 0.15) is 5.84 Å². The van der Waals surface area contributed by atoms with Gasteiger partial charge in [-0.2, -0.15) is 0 Å². The third kappa shape index (κ3) is 4.55. The van der Waals surface area contributed by atoms with Crippen molar-refractivity contribution in [2.45, 2.75) is 12.8 Å². The predicted octanol–water partition coefficient (Wildman–Crippen LogP) is 0.0216. The maximum absolute atomic E-state index is 12.1. The molecule has 3 aliphatic rings. The summed E-state index contributed by atoms with van der Waals surface area (Å²) in [6, 6.07) is 0. The van der Waals surface area contributed by atoms with Gasteiger partial charge >= 0.3 is 0 Å². The van der Waals surface area contributed by atoms with E-state index in [0.29, 0.717) is 30.4 Å². The number of carbonyl (C=O) groups excluding carboxylic acids is 1. The van der Waals surface area contributed by atoms with Crippen LogP contribution in [-0.2, 0) is 14.8 Å². The van der Waals surface area contributed by atoms with Crippen LogP contribution in [0.25, 0.3) is 0 Å². The molecule has 1 fully saturated rings. The largest absolute Gasteiger partial charge is 0.352 e. The summed E-state index contributed by atoms with van der Waals surface area (Å²) in [5, 5.41) is 6.23. The Morgan fingerprint density at radius 1 is 1.43 bits per heavy atom. The molecule has 7 nitrogen and oxygen atoms in total. The lowest BCUT2D eigenvalue weighted by molar-refractivity contribution is -0.117. The molecule has 0 aliphatic carbocycles. The zero-order valence-corrected chi connectivity index (χ0v) is 14.3. The van der Waals surface area contributed by atoms with E-state index < -0.39 is 10.0 Å². The Hall–Kier alpha value is -1.38. The summed E-state index contributed by atoms with van der Waals surface area (Å²) >= 11 is 0. The molecule has 0 aromatic carbocycles. The minimum Gasteiger partial charge on any atom is -0.352 e. The molecule has 0 spiro atoms. The summed E-state index contributed by atoms with van der Waals surface area (Å²) in [7, 11) is -3.36. The Balaban J connectivity index is 0.00000192. The van der Waals surface area contributed by atoms with Gasteiger partial charge < -0.3 is 15.5 Å². The standard InChI is InChI=1S/C14H20N4O3S.ClH/c19-14(16-6-4-11-3-5-15-9-11)12-1-2-13-17-22(20,21)8-7-18(13)10-12;/h1-2,10-11,15H,3-9H2,(H,16,19);1H. The number of fused-ring (bicyclic) bond motifs is 1. The Morgan fingerprint density at radius 3 is 3.00 bits per heavy atom. The molecule has 0 radical (unpaired) electrons. The Bertz CT molecular complexity index is 651. The number of carbonyl (C=O) groups is 1. The topological polar surface area (TPSA) is 90.9 Å². The van der Waals surface area contributed by atoms with E-state index in [1.54, 1.807) is 23.3 Å². The van der Waals surface area contributed by atoms with Gasteiger partial charge in [-0.1, -0.05) is 0 Å². The average Bonchev–Trinajstić information content (AvgIpc) is 2.99. The monoisotopic (exact) mass is 360 g/mol. The second-order valence-corrected chi connectivity index (χ2v) is 7.50. The van der Waals surface area contributed by atoms with Gasteiger partial charge in [-0.25, -0.2) is 8.42 Å². The van der Waals surface area contributed by atoms with Crippen molar-refractivity contribution in [2.24, 2.45) is 10.3 Å². The molecule has 128 valence electrons. The fourth-order valence-electron chi connectivity index (χ4n) is 2.79. The van der Waals surface area contributed by atoms with E-state index in [4.69, 9.17) is 0 Å². The molecule has 1 atom stereocenters. The fourth-order valence-corrected chi connectivity index (χ4v) is 3.76. The van der Waals surface area contributed by atoms with Gasteiger partial charge in [0, 0.05) is 19.3 Å². The van der Waals surface area contributed by atoms with Gasteiger partial charge in [-0.3, -0.25) is 4.79 Å². The normalized spacial score (nSPS) is 25.0. The number of rotatable bonds is 4. The van der Waals surface area contributed by atoms with Gasteiger partial charge in [0.2, 0.25) is 0 Å². The Labute approximate surface area is 142 Å². The van der Waals surface area contributed by atoms with Crippen LogP contribution in [0.15, 0.2) is 28.3 Å². The Morgan fingerprint density at radius 2 is 2.26 bits per heavy atom. The minimum atomic E-state index is -3.36. The minimum absolute atomic E-state index is 0. The first-order valence-corrected chi connectivity index (χ1v) is 9.12. The van der Waals surface area contributed by atoms with E-state index >= 15 is 0 Å². The summed E-state index contributed by atoms with van der Waals surface area (Å²) < 4.78 is 26.6. The van der Waals surface area contributed by atoms with Crippen LogP contribution in [0.4, 0.5) is 0 Å². The molecule has 1 amide bonds. The number of amides is 1. The quantitative estimate of drug-likeness (QED) is 0.737. The molecule has 3 aliphatic heterocycles. The third-order valence-corrected chi connectivity index (χ3v) is 5.25. The highest BCUT2D eigenvalue weighted by molar-refractivity contribution is 7.90. The molecule has 1 unspecified atom stereocenters. The molecular formula is C14H21ClN4O3S. The van der Waals surface area contributed by atoms with E-state index in [9.17, 15) is 13.2 Å². The van der Waals surface area contributed by atoms with Crippen LogP contribution in [0.1, 0.15) is 12.8 Å². The number of hydrogen-bond donors (Lipinski definition) is 2. The number of hydrogen-bond acceptors (Lipinski definition) is 5. The second-order valence-electron chi connectivity index (χ2n) is 5.75. The lowest BCUT2D eigenvalue weighted by Gasteiger charge is -2.27. The van der Waals surface area contributed by atoms with Crippen molar-refractivity contribution in [3.05, 3.63) is 23.9 Å². The number of amidine groups is 1. The summed E-state index contributed by atoms with van der Waals surface area (Å²) in [5.74, 6) is 0.862. The van der Waals surface area contributed by atoms with Gasteiger partial charge in [0.25, 0.3) is 15.9 Å². The number of nitrogens with one attached hydrogen (secondary N) is 2. The van der Waals surface area contributed by atoms with E-state index in [1.165, 1.54) is 6.42 Å². The van der Waals surface area contributed by atoms with Crippen molar-refractivity contribution < 1.29 is 13.2 Å². The van der Waals surface area contributed by atoms with Crippen LogP contribution in [0.3, 0.4) is 0 Å². The highest BCUT2D eigenvalue weighted by Gasteiger charge is 2.25. The fraction of sp³-hybridized carbons (Fsp3) is 0.571. The van der Waals surface area contributed by atoms with Crippen molar-refractivity contribution in [3.8, 4) is 0 Å². The van der Waals surface area contributed by atoms with Gasteiger partial charge in [0.05, 0.1) is 11.3 Å². The molecule has 3 rings (SSSR count). The van der Waals surface area contributed by atoms with Gasteiger partial charge in [-0.15, -0.1) is 16.8 Å². The average molecular weight is 361 g/mol. The van der Waals surface area contributed by atoms with Crippen molar-refractivity contribution in [2.75, 3.05) is 31.9 Å². The van der Waals surface area contributed by atoms with Crippen LogP contribution in [0.5, 0.6) is 0 Å². The van der Waals surface area contributed by atoms with Crippen LogP contribution in [0.2, 0.25) is 0 Å². The van der Waals surface area contributed by atoms with Crippen LogP contribution < -0.4 is 10.6 Å². The molecular weight excluding hydrogens is 340 g/mol. The first-order chi connectivity index (χ1) is 10.5. The number of halogens is 1. The van der Waals surface area contributed by atoms with Crippen molar-refractivity contribution in [1.82, 2.24) is 15.5 Å². The molecule has 0 aromatic heterocycles. The van der Waals surface area contributed by atoms with E-state index in [0.717, 1.165) is 19.5 Å². The van der Waals surface area contributed by atoms with Gasteiger partial charge in [-0.05, 0) is 44.0 Å². The first-order valence-electron chi connectivity index (χ1n) is 7.52. The molecule has 0 aromatic rings. The van der Waals surface area contributed by atoms with E-state index in [-0.39, 0.29) is 24.1 Å². The van der Waals surface area contributed by atoms with Gasteiger partial charge in [0.15, 0.2) is 0 Å². The summed E-state index contributed by atoms with van der Waals surface area (Å²) in [5.41, 5.74) is 0.530. The molecule has 9 heteroatoms. The van der Waals surface area contributed by atoms with Crippen molar-refractivity contribution in [1.29, 1.82) is 0 Å². The Kier molecular flexibility index (Phi) is 5.83. The first kappa shape index (κ1) is 18.0. The van der Waals surface area contributed by atoms with Crippen molar-refractivity contribution in [3.63, 3.8) is 0 Å². The number of sulfonamides is 1. The maximum atomic E-state index is 12.1. The van der Waals surface area contributed by atoms with Crippen LogP contribution in [-0.4, -0.2) is 57.0 Å². The predicted molar refractivity (Wildman–Crippen MR) is 91.0 cm³/mol. The summed E-state index contributed by atoms with van der Waals surface area (Å²) in [6.45, 7) is 3.08. The zero-order chi connectivity index (χ0) is 15.6. The van der Waals surface area contributed by atoms with E-state index in [1.807, 2.05) is 0 Å². The third-order valence-electron chi connectivity index (χ3n) is 4.09. The molecule has 3 heterocycles.